The Bertz CT molecular complexity index is 337. The standard InChI is InChI=1S/C17H28N2/c1-2-4-17(3-1)19-9-7-18(8-10-19)13-16-12-14-5-6-15(16)11-14/h5-6,14-17H,1-4,7-13H2/p+2. The van der Waals surface area contributed by atoms with Gasteiger partial charge in [-0.05, 0) is 50.4 Å². The van der Waals surface area contributed by atoms with E-state index in [-0.39, 0.29) is 0 Å². The van der Waals surface area contributed by atoms with Crippen molar-refractivity contribution >= 4 is 0 Å². The summed E-state index contributed by atoms with van der Waals surface area (Å²) in [7, 11) is 0. The molecule has 0 radical (unpaired) electrons. The Hall–Kier alpha value is -0.340. The first-order valence-electron chi connectivity index (χ1n) is 8.75. The van der Waals surface area contributed by atoms with Crippen molar-refractivity contribution in [3.8, 4) is 0 Å². The number of nitrogens with one attached hydrogen (secondary N) is 2. The lowest BCUT2D eigenvalue weighted by Gasteiger charge is -2.34. The highest BCUT2D eigenvalue weighted by atomic mass is 15.3. The van der Waals surface area contributed by atoms with Gasteiger partial charge in [-0.3, -0.25) is 0 Å². The maximum absolute atomic E-state index is 2.53. The SMILES string of the molecule is C1=CC2CC1CC2C[NH+]1CC[NH+](C2CCCC2)CC1. The molecule has 2 nitrogen and oxygen atoms in total. The predicted molar refractivity (Wildman–Crippen MR) is 77.4 cm³/mol. The molecule has 0 spiro atoms. The number of hydrogen-bond donors (Lipinski definition) is 2. The van der Waals surface area contributed by atoms with Gasteiger partial charge in [-0.1, -0.05) is 12.2 Å². The molecule has 0 aromatic rings. The third-order valence-corrected chi connectivity index (χ3v) is 6.50. The van der Waals surface area contributed by atoms with Crippen molar-refractivity contribution in [3.05, 3.63) is 12.2 Å². The van der Waals surface area contributed by atoms with E-state index in [1.807, 2.05) is 9.80 Å². The second-order valence-corrected chi connectivity index (χ2v) is 7.63. The van der Waals surface area contributed by atoms with Crippen LogP contribution in [0.5, 0.6) is 0 Å². The summed E-state index contributed by atoms with van der Waals surface area (Å²) in [4.78, 5) is 3.88. The lowest BCUT2D eigenvalue weighted by atomic mass is 9.93. The molecule has 0 aromatic carbocycles. The van der Waals surface area contributed by atoms with Crippen molar-refractivity contribution in [1.29, 1.82) is 0 Å². The number of piperazine rings is 1. The minimum Gasteiger partial charge on any atom is -0.325 e. The smallest absolute Gasteiger partial charge is 0.127 e. The molecule has 3 unspecified atom stereocenters. The zero-order chi connectivity index (χ0) is 12.7. The molecule has 0 amide bonds. The average molecular weight is 262 g/mol. The number of fused-ring (bicyclic) bond motifs is 2. The summed E-state index contributed by atoms with van der Waals surface area (Å²) in [6.45, 7) is 7.28. The summed E-state index contributed by atoms with van der Waals surface area (Å²) in [5.41, 5.74) is 0. The van der Waals surface area contributed by atoms with Gasteiger partial charge in [0.1, 0.15) is 26.2 Å². The summed E-state index contributed by atoms with van der Waals surface area (Å²) in [5.74, 6) is 2.94. The Morgan fingerprint density at radius 1 is 0.895 bits per heavy atom. The van der Waals surface area contributed by atoms with E-state index in [4.69, 9.17) is 0 Å². The van der Waals surface area contributed by atoms with Gasteiger partial charge in [0.05, 0.1) is 12.6 Å². The van der Waals surface area contributed by atoms with E-state index in [0.717, 1.165) is 23.8 Å². The van der Waals surface area contributed by atoms with E-state index in [1.54, 1.807) is 0 Å². The lowest BCUT2D eigenvalue weighted by molar-refractivity contribution is -1.02. The summed E-state index contributed by atoms with van der Waals surface area (Å²) in [6, 6.07) is 1.03. The molecule has 19 heavy (non-hydrogen) atoms. The number of rotatable bonds is 3. The van der Waals surface area contributed by atoms with Crippen LogP contribution in [0.4, 0.5) is 0 Å². The van der Waals surface area contributed by atoms with Crippen molar-refractivity contribution in [3.63, 3.8) is 0 Å². The third kappa shape index (κ3) is 2.50. The summed E-state index contributed by atoms with van der Waals surface area (Å²) >= 11 is 0. The Balaban J connectivity index is 1.25. The molecule has 3 aliphatic carbocycles. The van der Waals surface area contributed by atoms with Gasteiger partial charge >= 0.3 is 0 Å². The fourth-order valence-electron chi connectivity index (χ4n) is 5.37. The normalized spacial score (nSPS) is 46.2. The molecule has 1 aliphatic heterocycles. The molecule has 4 aliphatic rings. The van der Waals surface area contributed by atoms with Crippen LogP contribution in [-0.2, 0) is 0 Å². The summed E-state index contributed by atoms with van der Waals surface area (Å²) in [5, 5.41) is 0. The number of allylic oxidation sites excluding steroid dienone is 2. The van der Waals surface area contributed by atoms with E-state index < -0.39 is 0 Å². The Labute approximate surface area is 117 Å². The van der Waals surface area contributed by atoms with Gasteiger partial charge in [0.2, 0.25) is 0 Å². The van der Waals surface area contributed by atoms with E-state index in [9.17, 15) is 0 Å². The van der Waals surface area contributed by atoms with Crippen LogP contribution >= 0.6 is 0 Å². The first-order chi connectivity index (χ1) is 9.38. The van der Waals surface area contributed by atoms with E-state index in [0.29, 0.717) is 0 Å². The largest absolute Gasteiger partial charge is 0.325 e. The van der Waals surface area contributed by atoms with Crippen LogP contribution in [0.25, 0.3) is 0 Å². The van der Waals surface area contributed by atoms with Gasteiger partial charge in [0.25, 0.3) is 0 Å². The van der Waals surface area contributed by atoms with E-state index in [2.05, 4.69) is 12.2 Å². The Kier molecular flexibility index (Phi) is 3.40. The fourth-order valence-corrected chi connectivity index (χ4v) is 5.37. The molecule has 4 rings (SSSR count). The molecule has 1 saturated heterocycles. The number of quaternary nitrogens is 2. The second-order valence-electron chi connectivity index (χ2n) is 7.63. The monoisotopic (exact) mass is 262 g/mol. The van der Waals surface area contributed by atoms with Gasteiger partial charge in [0, 0.05) is 5.92 Å². The zero-order valence-electron chi connectivity index (χ0n) is 12.2. The van der Waals surface area contributed by atoms with Gasteiger partial charge < -0.3 is 9.80 Å². The Morgan fingerprint density at radius 2 is 1.68 bits per heavy atom. The minimum atomic E-state index is 0.956. The van der Waals surface area contributed by atoms with Crippen LogP contribution in [0.2, 0.25) is 0 Å². The summed E-state index contributed by atoms with van der Waals surface area (Å²) < 4.78 is 0. The minimum absolute atomic E-state index is 0.956. The molecule has 106 valence electrons. The maximum atomic E-state index is 2.53. The van der Waals surface area contributed by atoms with Crippen LogP contribution in [-0.4, -0.2) is 38.8 Å². The molecule has 2 bridgehead atoms. The quantitative estimate of drug-likeness (QED) is 0.659. The highest BCUT2D eigenvalue weighted by Gasteiger charge is 2.39. The zero-order valence-corrected chi connectivity index (χ0v) is 12.2. The lowest BCUT2D eigenvalue weighted by Crippen LogP contribution is -3.29. The number of hydrogen-bond acceptors (Lipinski definition) is 0. The molecule has 2 N–H and O–H groups in total. The third-order valence-electron chi connectivity index (χ3n) is 6.50. The molecule has 0 aromatic heterocycles. The van der Waals surface area contributed by atoms with Crippen LogP contribution in [0, 0.1) is 17.8 Å². The highest BCUT2D eigenvalue weighted by Crippen LogP contribution is 2.42. The average Bonchev–Trinajstić information content (AvgIpc) is 3.17. The topological polar surface area (TPSA) is 8.88 Å². The van der Waals surface area contributed by atoms with Crippen molar-refractivity contribution in [2.24, 2.45) is 17.8 Å². The molecule has 3 atom stereocenters. The molecule has 2 saturated carbocycles. The van der Waals surface area contributed by atoms with Crippen LogP contribution in [0.3, 0.4) is 0 Å². The predicted octanol–water partition coefficient (Wildman–Crippen LogP) is -0.0754. The maximum Gasteiger partial charge on any atom is 0.127 e. The summed E-state index contributed by atoms with van der Waals surface area (Å²) in [6.07, 6.45) is 14.0. The first-order valence-corrected chi connectivity index (χ1v) is 8.75. The highest BCUT2D eigenvalue weighted by molar-refractivity contribution is 5.09. The van der Waals surface area contributed by atoms with E-state index in [1.165, 1.54) is 71.2 Å². The van der Waals surface area contributed by atoms with Crippen molar-refractivity contribution in [1.82, 2.24) is 0 Å². The van der Waals surface area contributed by atoms with E-state index >= 15 is 0 Å². The van der Waals surface area contributed by atoms with Crippen molar-refractivity contribution in [2.45, 2.75) is 44.6 Å². The second kappa shape index (κ2) is 5.21. The van der Waals surface area contributed by atoms with Crippen molar-refractivity contribution in [2.75, 3.05) is 32.7 Å². The van der Waals surface area contributed by atoms with Gasteiger partial charge in [0.15, 0.2) is 0 Å². The molecular weight excluding hydrogens is 232 g/mol. The molecule has 1 heterocycles. The molecule has 2 heteroatoms. The van der Waals surface area contributed by atoms with Crippen LogP contribution < -0.4 is 9.80 Å². The van der Waals surface area contributed by atoms with Crippen LogP contribution in [0.1, 0.15) is 38.5 Å². The van der Waals surface area contributed by atoms with Gasteiger partial charge in [-0.15, -0.1) is 0 Å². The van der Waals surface area contributed by atoms with Crippen molar-refractivity contribution < 1.29 is 9.80 Å². The molecule has 3 fully saturated rings. The van der Waals surface area contributed by atoms with Gasteiger partial charge in [-0.25, -0.2) is 0 Å². The molecular formula is C17H30N2+2. The Morgan fingerprint density at radius 3 is 2.32 bits per heavy atom. The van der Waals surface area contributed by atoms with Crippen LogP contribution in [0.15, 0.2) is 12.2 Å². The first kappa shape index (κ1) is 12.4. The fraction of sp³-hybridized carbons (Fsp3) is 0.882. The van der Waals surface area contributed by atoms with Gasteiger partial charge in [-0.2, -0.15) is 0 Å².